The highest BCUT2D eigenvalue weighted by molar-refractivity contribution is 7.13. The maximum atomic E-state index is 11.5. The molecule has 0 unspecified atom stereocenters. The molecule has 0 fully saturated rings. The van der Waals surface area contributed by atoms with Crippen LogP contribution in [0.2, 0.25) is 0 Å². The van der Waals surface area contributed by atoms with Gasteiger partial charge in [0.2, 0.25) is 11.0 Å². The lowest BCUT2D eigenvalue weighted by atomic mass is 9.98. The van der Waals surface area contributed by atoms with E-state index in [0.717, 1.165) is 6.42 Å². The van der Waals surface area contributed by atoms with Crippen LogP contribution in [0.25, 0.3) is 0 Å². The molecule has 0 aromatic carbocycles. The van der Waals surface area contributed by atoms with Crippen molar-refractivity contribution in [2.45, 2.75) is 32.6 Å². The van der Waals surface area contributed by atoms with Crippen LogP contribution in [0.1, 0.15) is 32.6 Å². The number of carboxylic acid groups (broad SMARTS) is 1. The van der Waals surface area contributed by atoms with Gasteiger partial charge in [-0.15, -0.1) is 10.2 Å². The van der Waals surface area contributed by atoms with Crippen molar-refractivity contribution in [3.8, 4) is 0 Å². The van der Waals surface area contributed by atoms with E-state index >= 15 is 0 Å². The van der Waals surface area contributed by atoms with Crippen LogP contribution in [0.5, 0.6) is 0 Å². The predicted octanol–water partition coefficient (Wildman–Crippen LogP) is 1.76. The van der Waals surface area contributed by atoms with Gasteiger partial charge in [0, 0.05) is 6.42 Å². The summed E-state index contributed by atoms with van der Waals surface area (Å²) in [4.78, 5) is 22.3. The largest absolute Gasteiger partial charge is 0.481 e. The summed E-state index contributed by atoms with van der Waals surface area (Å²) in [5.74, 6) is -1.50. The van der Waals surface area contributed by atoms with E-state index in [1.807, 2.05) is 6.92 Å². The lowest BCUT2D eigenvalue weighted by Gasteiger charge is -2.09. The van der Waals surface area contributed by atoms with E-state index in [-0.39, 0.29) is 12.3 Å². The van der Waals surface area contributed by atoms with E-state index in [4.69, 9.17) is 5.11 Å². The summed E-state index contributed by atoms with van der Waals surface area (Å²) in [7, 11) is 0. The highest BCUT2D eigenvalue weighted by Gasteiger charge is 2.17. The predicted molar refractivity (Wildman–Crippen MR) is 63.8 cm³/mol. The van der Waals surface area contributed by atoms with Gasteiger partial charge < -0.3 is 10.4 Å². The molecule has 0 aliphatic rings. The monoisotopic (exact) mass is 257 g/mol. The molecule has 6 nitrogen and oxygen atoms in total. The number of hydrogen-bond donors (Lipinski definition) is 2. The number of nitrogens with zero attached hydrogens (tertiary/aromatic N) is 2. The summed E-state index contributed by atoms with van der Waals surface area (Å²) in [6.45, 7) is 1.93. The lowest BCUT2D eigenvalue weighted by molar-refractivity contribution is -0.142. The summed E-state index contributed by atoms with van der Waals surface area (Å²) in [5, 5.41) is 19.2. The van der Waals surface area contributed by atoms with E-state index < -0.39 is 11.9 Å². The van der Waals surface area contributed by atoms with Crippen LogP contribution < -0.4 is 5.32 Å². The van der Waals surface area contributed by atoms with Crippen molar-refractivity contribution in [2.75, 3.05) is 5.32 Å². The third kappa shape index (κ3) is 4.90. The maximum absolute atomic E-state index is 11.5. The molecule has 0 saturated heterocycles. The first kappa shape index (κ1) is 13.6. The van der Waals surface area contributed by atoms with Crippen LogP contribution in [-0.2, 0) is 9.59 Å². The Balaban J connectivity index is 2.33. The van der Waals surface area contributed by atoms with E-state index in [0.29, 0.717) is 18.0 Å². The summed E-state index contributed by atoms with van der Waals surface area (Å²) >= 11 is 1.23. The quantitative estimate of drug-likeness (QED) is 0.776. The van der Waals surface area contributed by atoms with Crippen LogP contribution in [0.15, 0.2) is 5.51 Å². The van der Waals surface area contributed by atoms with E-state index in [1.165, 1.54) is 16.8 Å². The molecule has 1 rings (SSSR count). The van der Waals surface area contributed by atoms with Gasteiger partial charge in [-0.2, -0.15) is 0 Å². The molecule has 1 atom stereocenters. The second-order valence-corrected chi connectivity index (χ2v) is 4.49. The van der Waals surface area contributed by atoms with Crippen molar-refractivity contribution in [1.29, 1.82) is 0 Å². The molecule has 0 aliphatic carbocycles. The molecule has 0 bridgehead atoms. The van der Waals surface area contributed by atoms with Gasteiger partial charge in [0.05, 0.1) is 5.92 Å². The second-order valence-electron chi connectivity index (χ2n) is 3.65. The number of aliphatic carboxylic acids is 1. The van der Waals surface area contributed by atoms with Gasteiger partial charge in [-0.1, -0.05) is 24.7 Å². The molecule has 94 valence electrons. The van der Waals surface area contributed by atoms with Gasteiger partial charge in [0.15, 0.2) is 0 Å². The highest BCUT2D eigenvalue weighted by atomic mass is 32.1. The zero-order chi connectivity index (χ0) is 12.7. The number of rotatable bonds is 7. The summed E-state index contributed by atoms with van der Waals surface area (Å²) in [6, 6.07) is 0. The minimum absolute atomic E-state index is 0.191. The van der Waals surface area contributed by atoms with E-state index in [2.05, 4.69) is 15.5 Å². The number of carbonyl (C=O) groups is 2. The molecule has 1 amide bonds. The number of nitrogens with one attached hydrogen (secondary N) is 1. The molecule has 0 saturated carbocycles. The molecule has 1 heterocycles. The van der Waals surface area contributed by atoms with Crippen molar-refractivity contribution in [3.05, 3.63) is 5.51 Å². The van der Waals surface area contributed by atoms with Gasteiger partial charge >= 0.3 is 5.97 Å². The Morgan fingerprint density at radius 3 is 2.82 bits per heavy atom. The van der Waals surface area contributed by atoms with Crippen LogP contribution in [-0.4, -0.2) is 27.2 Å². The fourth-order valence-electron chi connectivity index (χ4n) is 1.45. The average molecular weight is 257 g/mol. The van der Waals surface area contributed by atoms with E-state index in [1.54, 1.807) is 0 Å². The van der Waals surface area contributed by atoms with Crippen molar-refractivity contribution < 1.29 is 14.7 Å². The molecule has 0 spiro atoms. The Kier molecular flexibility index (Phi) is 5.55. The zero-order valence-electron chi connectivity index (χ0n) is 9.55. The van der Waals surface area contributed by atoms with Crippen molar-refractivity contribution >= 4 is 28.3 Å². The van der Waals surface area contributed by atoms with Gasteiger partial charge in [0.25, 0.3) is 0 Å². The molecule has 1 aromatic heterocycles. The third-order valence-corrected chi connectivity index (χ3v) is 2.92. The SMILES string of the molecule is CCC[C@@H](CCC(=O)Nc1nncs1)C(=O)O. The maximum Gasteiger partial charge on any atom is 0.306 e. The first-order valence-electron chi connectivity index (χ1n) is 5.42. The van der Waals surface area contributed by atoms with Crippen molar-refractivity contribution in [1.82, 2.24) is 10.2 Å². The molecule has 7 heteroatoms. The standard InChI is InChI=1S/C10H15N3O3S/c1-2-3-7(9(15)16)4-5-8(14)12-10-13-11-6-17-10/h6-7H,2-5H2,1H3,(H,15,16)(H,12,13,14)/t7-/m0/s1. The Morgan fingerprint density at radius 2 is 2.29 bits per heavy atom. The molecular formula is C10H15N3O3S. The third-order valence-electron chi connectivity index (χ3n) is 2.31. The number of anilines is 1. The zero-order valence-corrected chi connectivity index (χ0v) is 10.4. The first-order chi connectivity index (χ1) is 8.13. The van der Waals surface area contributed by atoms with Crippen molar-refractivity contribution in [3.63, 3.8) is 0 Å². The van der Waals surface area contributed by atoms with E-state index in [9.17, 15) is 9.59 Å². The Hall–Kier alpha value is -1.50. The minimum Gasteiger partial charge on any atom is -0.481 e. The first-order valence-corrected chi connectivity index (χ1v) is 6.30. The topological polar surface area (TPSA) is 92.2 Å². The fraction of sp³-hybridized carbons (Fsp3) is 0.600. The molecular weight excluding hydrogens is 242 g/mol. The number of aromatic nitrogens is 2. The minimum atomic E-state index is -0.837. The molecule has 17 heavy (non-hydrogen) atoms. The number of amides is 1. The Morgan fingerprint density at radius 1 is 1.53 bits per heavy atom. The van der Waals surface area contributed by atoms with Crippen LogP contribution in [0.4, 0.5) is 5.13 Å². The normalized spacial score (nSPS) is 12.1. The Bertz CT molecular complexity index is 367. The van der Waals surface area contributed by atoms with Crippen LogP contribution in [0.3, 0.4) is 0 Å². The lowest BCUT2D eigenvalue weighted by Crippen LogP contribution is -2.18. The molecule has 0 radical (unpaired) electrons. The highest BCUT2D eigenvalue weighted by Crippen LogP contribution is 2.15. The average Bonchev–Trinajstić information content (AvgIpc) is 2.76. The summed E-state index contributed by atoms with van der Waals surface area (Å²) in [6.07, 6.45) is 1.95. The number of hydrogen-bond acceptors (Lipinski definition) is 5. The van der Waals surface area contributed by atoms with Gasteiger partial charge in [-0.3, -0.25) is 9.59 Å². The van der Waals surface area contributed by atoms with Gasteiger partial charge in [0.1, 0.15) is 5.51 Å². The molecule has 1 aromatic rings. The van der Waals surface area contributed by atoms with Crippen LogP contribution >= 0.6 is 11.3 Å². The van der Waals surface area contributed by atoms with Crippen LogP contribution in [0, 0.1) is 5.92 Å². The molecule has 2 N–H and O–H groups in total. The smallest absolute Gasteiger partial charge is 0.306 e. The van der Waals surface area contributed by atoms with Gasteiger partial charge in [-0.05, 0) is 12.8 Å². The fourth-order valence-corrected chi connectivity index (χ4v) is 1.92. The van der Waals surface area contributed by atoms with Gasteiger partial charge in [-0.25, -0.2) is 0 Å². The second kappa shape index (κ2) is 6.95. The summed E-state index contributed by atoms with van der Waals surface area (Å²) in [5.41, 5.74) is 1.52. The van der Waals surface area contributed by atoms with Crippen molar-refractivity contribution in [2.24, 2.45) is 5.92 Å². The number of carbonyl (C=O) groups excluding carboxylic acids is 1. The Labute approximate surface area is 103 Å². The summed E-state index contributed by atoms with van der Waals surface area (Å²) < 4.78 is 0. The number of carboxylic acids is 1. The molecule has 0 aliphatic heterocycles.